The molecule has 2 aromatic rings. The number of benzene rings is 1. The molecular weight excluding hydrogens is 256 g/mol. The van der Waals surface area contributed by atoms with Crippen LogP contribution in [0.15, 0.2) is 30.3 Å². The van der Waals surface area contributed by atoms with Crippen LogP contribution < -0.4 is 5.73 Å². The van der Waals surface area contributed by atoms with Gasteiger partial charge in [-0.25, -0.2) is 9.78 Å². The molecule has 4 N–H and O–H groups in total. The van der Waals surface area contributed by atoms with Crippen molar-refractivity contribution in [3.8, 4) is 17.0 Å². The third kappa shape index (κ3) is 2.21. The number of anilines is 1. The average molecular weight is 265 g/mol. The number of nitrogen functional groups attached to an aromatic ring is 1. The van der Waals surface area contributed by atoms with Gasteiger partial charge in [-0.15, -0.1) is 0 Å². The minimum atomic E-state index is -1.15. The number of pyridine rings is 1. The summed E-state index contributed by atoms with van der Waals surface area (Å²) >= 11 is 5.84. The molecule has 1 heterocycles. The maximum Gasteiger partial charge on any atom is 0.354 e. The first-order valence-electron chi connectivity index (χ1n) is 4.97. The van der Waals surface area contributed by atoms with Gasteiger partial charge in [0.25, 0.3) is 0 Å². The summed E-state index contributed by atoms with van der Waals surface area (Å²) in [5.74, 6) is -1.32. The number of aromatic carboxylic acids is 1. The molecule has 0 saturated heterocycles. The molecule has 0 unspecified atom stereocenters. The van der Waals surface area contributed by atoms with Crippen molar-refractivity contribution in [2.75, 3.05) is 5.73 Å². The van der Waals surface area contributed by atoms with Gasteiger partial charge in [-0.3, -0.25) is 0 Å². The standard InChI is InChI=1S/C12H9ClN2O3/c13-6-4-7(11(16)8(14)5-6)9-2-1-3-10(15-9)12(17)18/h1-5,16H,14H2,(H,17,18). The minimum Gasteiger partial charge on any atom is -0.505 e. The van der Waals surface area contributed by atoms with E-state index in [9.17, 15) is 9.90 Å². The average Bonchev–Trinajstić information content (AvgIpc) is 2.34. The molecule has 0 atom stereocenters. The summed E-state index contributed by atoms with van der Waals surface area (Å²) < 4.78 is 0. The zero-order valence-corrected chi connectivity index (χ0v) is 9.85. The normalized spacial score (nSPS) is 10.3. The molecule has 0 saturated carbocycles. The second kappa shape index (κ2) is 4.54. The van der Waals surface area contributed by atoms with Crippen LogP contribution in [0.4, 0.5) is 5.69 Å². The Kier molecular flexibility index (Phi) is 3.08. The fourth-order valence-corrected chi connectivity index (χ4v) is 1.75. The van der Waals surface area contributed by atoms with Crippen LogP contribution in [-0.4, -0.2) is 21.2 Å². The van der Waals surface area contributed by atoms with E-state index in [0.29, 0.717) is 16.3 Å². The van der Waals surface area contributed by atoms with Gasteiger partial charge in [0, 0.05) is 10.6 Å². The molecule has 92 valence electrons. The smallest absolute Gasteiger partial charge is 0.354 e. The Labute approximate surface area is 107 Å². The highest BCUT2D eigenvalue weighted by atomic mass is 35.5. The lowest BCUT2D eigenvalue weighted by molar-refractivity contribution is 0.0690. The van der Waals surface area contributed by atoms with Crippen LogP contribution in [0.1, 0.15) is 10.5 Å². The van der Waals surface area contributed by atoms with Crippen molar-refractivity contribution in [1.82, 2.24) is 4.98 Å². The van der Waals surface area contributed by atoms with E-state index < -0.39 is 5.97 Å². The molecule has 0 aliphatic heterocycles. The van der Waals surface area contributed by atoms with E-state index in [1.54, 1.807) is 6.07 Å². The zero-order chi connectivity index (χ0) is 13.3. The van der Waals surface area contributed by atoms with E-state index in [-0.39, 0.29) is 17.1 Å². The van der Waals surface area contributed by atoms with Crippen LogP contribution >= 0.6 is 11.6 Å². The first kappa shape index (κ1) is 12.2. The van der Waals surface area contributed by atoms with E-state index in [1.807, 2.05) is 0 Å². The predicted molar refractivity (Wildman–Crippen MR) is 67.7 cm³/mol. The number of rotatable bonds is 2. The van der Waals surface area contributed by atoms with Crippen molar-refractivity contribution in [1.29, 1.82) is 0 Å². The Bertz CT molecular complexity index is 629. The van der Waals surface area contributed by atoms with Crippen molar-refractivity contribution in [2.24, 2.45) is 0 Å². The third-order valence-electron chi connectivity index (χ3n) is 2.35. The molecule has 0 fully saturated rings. The predicted octanol–water partition coefficient (Wildman–Crippen LogP) is 2.39. The fraction of sp³-hybridized carbons (Fsp3) is 0. The fourth-order valence-electron chi connectivity index (χ4n) is 1.52. The van der Waals surface area contributed by atoms with Gasteiger partial charge in [0.2, 0.25) is 0 Å². The SMILES string of the molecule is Nc1cc(Cl)cc(-c2cccc(C(=O)O)n2)c1O. The highest BCUT2D eigenvalue weighted by Gasteiger charge is 2.12. The number of nitrogens with two attached hydrogens (primary N) is 1. The molecule has 6 heteroatoms. The first-order chi connectivity index (χ1) is 8.49. The summed E-state index contributed by atoms with van der Waals surface area (Å²) in [7, 11) is 0. The number of hydrogen-bond donors (Lipinski definition) is 3. The van der Waals surface area contributed by atoms with Crippen molar-refractivity contribution >= 4 is 23.3 Å². The minimum absolute atomic E-state index is 0.111. The van der Waals surface area contributed by atoms with Crippen molar-refractivity contribution in [3.05, 3.63) is 41.0 Å². The molecule has 1 aromatic carbocycles. The Morgan fingerprint density at radius 1 is 1.33 bits per heavy atom. The van der Waals surface area contributed by atoms with Crippen LogP contribution in [0.3, 0.4) is 0 Å². The van der Waals surface area contributed by atoms with Gasteiger partial charge in [-0.2, -0.15) is 0 Å². The lowest BCUT2D eigenvalue weighted by Crippen LogP contribution is -2.01. The quantitative estimate of drug-likeness (QED) is 0.572. The molecule has 2 rings (SSSR count). The van der Waals surface area contributed by atoms with Crippen LogP contribution in [0.2, 0.25) is 5.02 Å². The number of phenolic OH excluding ortho intramolecular Hbond substituents is 1. The van der Waals surface area contributed by atoms with Gasteiger partial charge in [-0.05, 0) is 24.3 Å². The van der Waals surface area contributed by atoms with Gasteiger partial charge in [0.15, 0.2) is 0 Å². The molecule has 0 aliphatic rings. The van der Waals surface area contributed by atoms with Crippen molar-refractivity contribution in [2.45, 2.75) is 0 Å². The van der Waals surface area contributed by atoms with E-state index in [4.69, 9.17) is 22.4 Å². The zero-order valence-electron chi connectivity index (χ0n) is 9.09. The maximum atomic E-state index is 10.8. The number of aromatic hydroxyl groups is 1. The van der Waals surface area contributed by atoms with Gasteiger partial charge < -0.3 is 15.9 Å². The number of nitrogens with zero attached hydrogens (tertiary/aromatic N) is 1. The summed E-state index contributed by atoms with van der Waals surface area (Å²) in [5.41, 5.74) is 6.16. The lowest BCUT2D eigenvalue weighted by atomic mass is 10.1. The van der Waals surface area contributed by atoms with Crippen LogP contribution in [-0.2, 0) is 0 Å². The highest BCUT2D eigenvalue weighted by molar-refractivity contribution is 6.31. The van der Waals surface area contributed by atoms with E-state index >= 15 is 0 Å². The molecule has 0 spiro atoms. The van der Waals surface area contributed by atoms with Crippen molar-refractivity contribution < 1.29 is 15.0 Å². The monoisotopic (exact) mass is 264 g/mol. The largest absolute Gasteiger partial charge is 0.505 e. The number of aromatic nitrogens is 1. The Morgan fingerprint density at radius 3 is 2.72 bits per heavy atom. The van der Waals surface area contributed by atoms with Crippen LogP contribution in [0.5, 0.6) is 5.75 Å². The molecule has 0 aliphatic carbocycles. The topological polar surface area (TPSA) is 96.4 Å². The van der Waals surface area contributed by atoms with E-state index in [0.717, 1.165) is 0 Å². The molecule has 0 radical (unpaired) electrons. The summed E-state index contributed by atoms with van der Waals surface area (Å²) in [6.07, 6.45) is 0. The van der Waals surface area contributed by atoms with Crippen molar-refractivity contribution in [3.63, 3.8) is 0 Å². The molecule has 5 nitrogen and oxygen atoms in total. The third-order valence-corrected chi connectivity index (χ3v) is 2.57. The van der Waals surface area contributed by atoms with Crippen LogP contribution in [0, 0.1) is 0 Å². The molecule has 0 amide bonds. The van der Waals surface area contributed by atoms with E-state index in [1.165, 1.54) is 24.3 Å². The number of carboxylic acids is 1. The Balaban J connectivity index is 2.62. The second-order valence-electron chi connectivity index (χ2n) is 3.60. The first-order valence-corrected chi connectivity index (χ1v) is 5.35. The number of phenols is 1. The second-order valence-corrected chi connectivity index (χ2v) is 4.04. The van der Waals surface area contributed by atoms with Gasteiger partial charge in [0.05, 0.1) is 11.4 Å². The van der Waals surface area contributed by atoms with Gasteiger partial charge in [-0.1, -0.05) is 17.7 Å². The molecular formula is C12H9ClN2O3. The molecule has 0 bridgehead atoms. The number of hydrogen-bond acceptors (Lipinski definition) is 4. The van der Waals surface area contributed by atoms with Gasteiger partial charge >= 0.3 is 5.97 Å². The van der Waals surface area contributed by atoms with E-state index in [2.05, 4.69) is 4.98 Å². The molecule has 1 aromatic heterocycles. The number of carboxylic acid groups (broad SMARTS) is 1. The Morgan fingerprint density at radius 2 is 2.06 bits per heavy atom. The summed E-state index contributed by atoms with van der Waals surface area (Å²) in [6.45, 7) is 0. The summed E-state index contributed by atoms with van der Waals surface area (Å²) in [6, 6.07) is 7.33. The summed E-state index contributed by atoms with van der Waals surface area (Å²) in [4.78, 5) is 14.7. The number of halogens is 1. The lowest BCUT2D eigenvalue weighted by Gasteiger charge is -2.08. The maximum absolute atomic E-state index is 10.8. The van der Waals surface area contributed by atoms with Crippen LogP contribution in [0.25, 0.3) is 11.3 Å². The highest BCUT2D eigenvalue weighted by Crippen LogP contribution is 2.35. The Hall–Kier alpha value is -2.27. The summed E-state index contributed by atoms with van der Waals surface area (Å²) in [5, 5.41) is 19.0. The molecule has 18 heavy (non-hydrogen) atoms. The number of carbonyl (C=O) groups is 1. The van der Waals surface area contributed by atoms with Gasteiger partial charge in [0.1, 0.15) is 11.4 Å².